The van der Waals surface area contributed by atoms with Gasteiger partial charge in [-0.1, -0.05) is 53.2 Å². The van der Waals surface area contributed by atoms with E-state index < -0.39 is 122 Å². The van der Waals surface area contributed by atoms with Crippen molar-refractivity contribution in [2.24, 2.45) is 50.2 Å². The summed E-state index contributed by atoms with van der Waals surface area (Å²) in [6.07, 6.45) is -12.5. The fraction of sp³-hybridized carbons (Fsp3) is 0.936. The molecule has 11 N–H and O–H groups in total. The summed E-state index contributed by atoms with van der Waals surface area (Å²) in [5.41, 5.74) is -1.23. The Kier molecular flexibility index (Phi) is 13.7. The summed E-state index contributed by atoms with van der Waals surface area (Å²) in [4.78, 5) is 14.9. The van der Waals surface area contributed by atoms with Gasteiger partial charge >= 0.3 is 5.97 Å². The number of aliphatic hydroxyl groups excluding tert-OH is 11. The molecule has 0 aromatic heterocycles. The first-order valence-electron chi connectivity index (χ1n) is 23.9. The summed E-state index contributed by atoms with van der Waals surface area (Å²) >= 11 is 0. The smallest absolute Gasteiger partial charge is 0.315 e. The third kappa shape index (κ3) is 7.89. The van der Waals surface area contributed by atoms with Crippen LogP contribution in [-0.4, -0.2) is 181 Å². The van der Waals surface area contributed by atoms with Gasteiger partial charge in [0.05, 0.1) is 37.9 Å². The largest absolute Gasteiger partial charge is 0.432 e. The van der Waals surface area contributed by atoms with E-state index in [1.807, 2.05) is 0 Å². The van der Waals surface area contributed by atoms with Crippen LogP contribution < -0.4 is 0 Å². The normalized spacial score (nSPS) is 54.3. The van der Waals surface area contributed by atoms with Gasteiger partial charge in [-0.15, -0.1) is 0 Å². The molecule has 8 rings (SSSR count). The van der Waals surface area contributed by atoms with E-state index in [4.69, 9.17) is 28.4 Å². The van der Waals surface area contributed by atoms with Gasteiger partial charge in [-0.2, -0.15) is 0 Å². The minimum absolute atomic E-state index is 0.0557. The van der Waals surface area contributed by atoms with E-state index in [2.05, 4.69) is 47.6 Å². The Hall–Kier alpha value is -1.43. The Morgan fingerprint density at radius 1 is 0.692 bits per heavy atom. The molecule has 0 radical (unpaired) electrons. The second-order valence-electron chi connectivity index (χ2n) is 22.9. The molecule has 0 aromatic carbocycles. The van der Waals surface area contributed by atoms with Gasteiger partial charge in [0.2, 0.25) is 6.29 Å². The molecule has 0 amide bonds. The second-order valence-corrected chi connectivity index (χ2v) is 22.9. The van der Waals surface area contributed by atoms with Gasteiger partial charge in [-0.3, -0.25) is 4.79 Å². The van der Waals surface area contributed by atoms with Crippen molar-refractivity contribution < 1.29 is 89.4 Å². The Labute approximate surface area is 380 Å². The summed E-state index contributed by atoms with van der Waals surface area (Å²) in [5, 5.41) is 116. The zero-order valence-electron chi connectivity index (χ0n) is 38.6. The monoisotopic (exact) mass is 929 g/mol. The van der Waals surface area contributed by atoms with Crippen molar-refractivity contribution in [3.8, 4) is 0 Å². The summed E-state index contributed by atoms with van der Waals surface area (Å²) in [6.45, 7) is 12.1. The zero-order chi connectivity index (χ0) is 47.4. The quantitative estimate of drug-likeness (QED) is 0.0808. The van der Waals surface area contributed by atoms with Crippen LogP contribution in [0, 0.1) is 50.2 Å². The second kappa shape index (κ2) is 17.8. The summed E-state index contributed by atoms with van der Waals surface area (Å²) < 4.78 is 35.2. The molecule has 0 aromatic rings. The molecule has 18 nitrogen and oxygen atoms in total. The molecule has 65 heavy (non-hydrogen) atoms. The standard InChI is InChI=1S/C47H76O18/c1-42(2)13-15-47(41(59)65-40-37(58)34(55)32(53)26(63-40)20-61-38-36(57)33(54)31(52)25(18-48)62-38)16-14-45(5)22(23(47)17-42)7-8-28-43(3)11-10-29(64-39-35(56)30(51)24(50)19-60-39)44(4,21-49)27(43)9-12-46(28,45)6/h7,23-40,48-58H,8-21H2,1-6H3/t23-,24+,25-,26-,27+,28+,29+,30+,31-,32-,33+,34+,35-,36-,37-,38?,39+,40+,43+,44+,45-,46-,47+/m1/s1. The number of hydrogen-bond acceptors (Lipinski definition) is 18. The molecule has 1 unspecified atom stereocenters. The molecular formula is C47H76O18. The highest BCUT2D eigenvalue weighted by molar-refractivity contribution is 5.79. The Morgan fingerprint density at radius 3 is 2.00 bits per heavy atom. The van der Waals surface area contributed by atoms with Crippen molar-refractivity contribution in [2.45, 2.75) is 198 Å². The molecule has 372 valence electrons. The first-order valence-corrected chi connectivity index (χ1v) is 23.9. The highest BCUT2D eigenvalue weighted by Crippen LogP contribution is 2.76. The fourth-order valence-electron chi connectivity index (χ4n) is 14.7. The molecule has 23 atom stereocenters. The van der Waals surface area contributed by atoms with Gasteiger partial charge in [0.15, 0.2) is 12.6 Å². The van der Waals surface area contributed by atoms with Gasteiger partial charge in [-0.05, 0) is 104 Å². The van der Waals surface area contributed by atoms with E-state index in [9.17, 15) is 61.0 Å². The first-order chi connectivity index (χ1) is 30.4. The number of rotatable bonds is 9. The number of ether oxygens (including phenoxy) is 6. The maximum Gasteiger partial charge on any atom is 0.315 e. The van der Waals surface area contributed by atoms with E-state index in [1.54, 1.807) is 0 Å². The minimum atomic E-state index is -1.81. The minimum Gasteiger partial charge on any atom is -0.432 e. The number of aliphatic hydroxyl groups is 11. The van der Waals surface area contributed by atoms with Gasteiger partial charge in [0.1, 0.15) is 67.1 Å². The van der Waals surface area contributed by atoms with Gasteiger partial charge in [-0.25, -0.2) is 0 Å². The van der Waals surface area contributed by atoms with Crippen LogP contribution in [0.15, 0.2) is 11.6 Å². The van der Waals surface area contributed by atoms with E-state index in [0.29, 0.717) is 25.7 Å². The van der Waals surface area contributed by atoms with Crippen molar-refractivity contribution in [3.63, 3.8) is 0 Å². The van der Waals surface area contributed by atoms with Crippen LogP contribution in [0.25, 0.3) is 0 Å². The topological polar surface area (TPSA) is 295 Å². The number of esters is 1. The molecule has 7 fully saturated rings. The summed E-state index contributed by atoms with van der Waals surface area (Å²) in [6, 6.07) is 0. The lowest BCUT2D eigenvalue weighted by Crippen LogP contribution is -2.67. The van der Waals surface area contributed by atoms with Crippen LogP contribution in [-0.2, 0) is 33.2 Å². The van der Waals surface area contributed by atoms with Crippen molar-refractivity contribution in [2.75, 3.05) is 26.4 Å². The van der Waals surface area contributed by atoms with Crippen LogP contribution in [0.4, 0.5) is 0 Å². The Bertz CT molecular complexity index is 1760. The van der Waals surface area contributed by atoms with Crippen molar-refractivity contribution in [1.82, 2.24) is 0 Å². The van der Waals surface area contributed by atoms with Crippen LogP contribution in [0.1, 0.15) is 106 Å². The highest BCUT2D eigenvalue weighted by Gasteiger charge is 2.70. The molecule has 3 heterocycles. The fourth-order valence-corrected chi connectivity index (χ4v) is 14.7. The van der Waals surface area contributed by atoms with Crippen LogP contribution in [0.5, 0.6) is 0 Å². The maximum absolute atomic E-state index is 14.9. The molecule has 0 spiro atoms. The SMILES string of the molecule is CC1(C)CC[C@]2(C(=O)O[C@@H]3O[C@H](COC4O[C@H](CO)[C@@H](O)[C@H](O)[C@H]4O)[C@@H](O)[C@H](O)[C@H]3O)CC[C@]3(C)C(=CC[C@H]4[C@@]5(C)CC[C@H](O[C@@H]6OC[C@H](O)[C@H](O)[C@H]6O)[C@@](C)(CO)[C@H]5CC[C@]43C)[C@H]2C1. The van der Waals surface area contributed by atoms with Gasteiger partial charge < -0.3 is 84.6 Å². The number of carbonyl (C=O) groups is 1. The van der Waals surface area contributed by atoms with Crippen LogP contribution in [0.3, 0.4) is 0 Å². The molecule has 18 heteroatoms. The molecule has 0 bridgehead atoms. The predicted molar refractivity (Wildman–Crippen MR) is 226 cm³/mol. The molecule has 4 saturated carbocycles. The highest BCUT2D eigenvalue weighted by atomic mass is 16.7. The van der Waals surface area contributed by atoms with E-state index in [-0.39, 0.29) is 52.6 Å². The summed E-state index contributed by atoms with van der Waals surface area (Å²) in [5.74, 6) is -0.485. The van der Waals surface area contributed by atoms with Gasteiger partial charge in [0.25, 0.3) is 0 Å². The zero-order valence-corrected chi connectivity index (χ0v) is 38.6. The lowest BCUT2D eigenvalue weighted by molar-refractivity contribution is -0.328. The van der Waals surface area contributed by atoms with Crippen LogP contribution in [0.2, 0.25) is 0 Å². The lowest BCUT2D eigenvalue weighted by atomic mass is 9.33. The number of carbonyl (C=O) groups excluding carboxylic acids is 1. The average molecular weight is 929 g/mol. The van der Waals surface area contributed by atoms with E-state index in [0.717, 1.165) is 38.5 Å². The predicted octanol–water partition coefficient (Wildman–Crippen LogP) is -0.248. The average Bonchev–Trinajstić information content (AvgIpc) is 3.26. The molecule has 5 aliphatic carbocycles. The molecule has 3 saturated heterocycles. The van der Waals surface area contributed by atoms with E-state index in [1.165, 1.54) is 5.57 Å². The first kappa shape index (κ1) is 50.0. The molecule has 3 aliphatic heterocycles. The molecule has 8 aliphatic rings. The van der Waals surface area contributed by atoms with E-state index >= 15 is 0 Å². The third-order valence-electron chi connectivity index (χ3n) is 19.0. The number of allylic oxidation sites excluding steroid dienone is 2. The van der Waals surface area contributed by atoms with Crippen molar-refractivity contribution >= 4 is 5.97 Å². The van der Waals surface area contributed by atoms with Crippen molar-refractivity contribution in [3.05, 3.63) is 11.6 Å². The number of hydrogen-bond donors (Lipinski definition) is 11. The Morgan fingerprint density at radius 2 is 1.32 bits per heavy atom. The third-order valence-corrected chi connectivity index (χ3v) is 19.0. The summed E-state index contributed by atoms with van der Waals surface area (Å²) in [7, 11) is 0. The Balaban J connectivity index is 1.02. The van der Waals surface area contributed by atoms with Crippen LogP contribution >= 0.6 is 0 Å². The maximum atomic E-state index is 14.9. The van der Waals surface area contributed by atoms with Gasteiger partial charge in [0, 0.05) is 5.41 Å². The lowest BCUT2D eigenvalue weighted by Gasteiger charge is -2.71. The number of fused-ring (bicyclic) bond motifs is 7. The molecular weight excluding hydrogens is 852 g/mol. The van der Waals surface area contributed by atoms with Crippen molar-refractivity contribution in [1.29, 1.82) is 0 Å².